The largest absolute Gasteiger partial charge is 0.416 e. The Kier molecular flexibility index (Phi) is 6.47. The average Bonchev–Trinajstić information content (AvgIpc) is 3.56. The van der Waals surface area contributed by atoms with E-state index < -0.39 is 21.8 Å². The minimum Gasteiger partial charge on any atom is -0.361 e. The highest BCUT2D eigenvalue weighted by molar-refractivity contribution is 7.89. The van der Waals surface area contributed by atoms with Crippen molar-refractivity contribution in [3.05, 3.63) is 113 Å². The predicted molar refractivity (Wildman–Crippen MR) is 141 cm³/mol. The van der Waals surface area contributed by atoms with E-state index in [0.717, 1.165) is 54.1 Å². The number of nitrogens with zero attached hydrogens (tertiary/aromatic N) is 3. The van der Waals surface area contributed by atoms with Crippen molar-refractivity contribution in [3.8, 4) is 0 Å². The van der Waals surface area contributed by atoms with Gasteiger partial charge in [-0.1, -0.05) is 42.5 Å². The van der Waals surface area contributed by atoms with Gasteiger partial charge in [0.25, 0.3) is 0 Å². The van der Waals surface area contributed by atoms with Crippen LogP contribution in [0, 0.1) is 5.92 Å². The summed E-state index contributed by atoms with van der Waals surface area (Å²) in [6.07, 6.45) is 0.485. The molecule has 1 N–H and O–H groups in total. The Balaban J connectivity index is 1.41. The van der Waals surface area contributed by atoms with E-state index in [0.29, 0.717) is 6.54 Å². The monoisotopic (exact) mass is 552 g/mol. The van der Waals surface area contributed by atoms with Gasteiger partial charge in [0, 0.05) is 31.0 Å². The molecule has 0 saturated carbocycles. The van der Waals surface area contributed by atoms with E-state index >= 15 is 0 Å². The normalized spacial score (nSPS) is 18.5. The van der Waals surface area contributed by atoms with Gasteiger partial charge >= 0.3 is 6.18 Å². The summed E-state index contributed by atoms with van der Waals surface area (Å²) in [7, 11) is -4.09. The molecule has 1 atom stereocenters. The number of para-hydroxylation sites is 1. The van der Waals surface area contributed by atoms with E-state index in [1.54, 1.807) is 12.5 Å². The lowest BCUT2D eigenvalue weighted by Crippen LogP contribution is -2.48. The molecular weight excluding hydrogens is 525 g/mol. The molecule has 2 heterocycles. The van der Waals surface area contributed by atoms with Crippen molar-refractivity contribution in [2.75, 3.05) is 11.4 Å². The number of rotatable bonds is 5. The van der Waals surface area contributed by atoms with Gasteiger partial charge in [-0.15, -0.1) is 0 Å². The number of H-pyrrole nitrogens is 1. The predicted octanol–water partition coefficient (Wildman–Crippen LogP) is 5.42. The zero-order valence-electron chi connectivity index (χ0n) is 21.0. The van der Waals surface area contributed by atoms with Gasteiger partial charge in [0.1, 0.15) is 0 Å². The van der Waals surface area contributed by atoms with E-state index in [1.165, 1.54) is 15.4 Å². The number of sulfonamides is 1. The van der Waals surface area contributed by atoms with Gasteiger partial charge in [-0.3, -0.25) is 0 Å². The Labute approximate surface area is 225 Å². The first kappa shape index (κ1) is 25.6. The van der Waals surface area contributed by atoms with Crippen LogP contribution in [0.2, 0.25) is 0 Å². The number of aromatic amines is 1. The van der Waals surface area contributed by atoms with Gasteiger partial charge in [-0.25, -0.2) is 13.4 Å². The number of halogens is 3. The Hall–Kier alpha value is -3.63. The fraction of sp³-hybridized carbons (Fsp3) is 0.276. The molecule has 1 aliphatic heterocycles. The fourth-order valence-corrected chi connectivity index (χ4v) is 7.27. The van der Waals surface area contributed by atoms with Crippen molar-refractivity contribution < 1.29 is 21.6 Å². The lowest BCUT2D eigenvalue weighted by Gasteiger charge is -2.37. The first-order chi connectivity index (χ1) is 18.7. The minimum atomic E-state index is -4.54. The van der Waals surface area contributed by atoms with Crippen LogP contribution in [-0.4, -0.2) is 35.3 Å². The Bertz CT molecular complexity index is 1550. The SMILES string of the molecule is O=S(=O)(c1ccc(C(F)(F)F)cc1)N1Cc2ccccc2N(Cc2cnc[nH]2)C(C2Cc3ccccc3C2)C1. The minimum absolute atomic E-state index is 0.120. The number of hydrogen-bond donors (Lipinski definition) is 1. The van der Waals surface area contributed by atoms with Crippen LogP contribution in [0.5, 0.6) is 0 Å². The molecule has 6 nitrogen and oxygen atoms in total. The van der Waals surface area contributed by atoms with Crippen LogP contribution in [-0.2, 0) is 42.1 Å². The summed E-state index contributed by atoms with van der Waals surface area (Å²) >= 11 is 0. The first-order valence-electron chi connectivity index (χ1n) is 12.8. The van der Waals surface area contributed by atoms with E-state index in [4.69, 9.17) is 0 Å². The molecule has 0 fully saturated rings. The highest BCUT2D eigenvalue weighted by atomic mass is 32.2. The molecule has 10 heteroatoms. The summed E-state index contributed by atoms with van der Waals surface area (Å²) in [5.74, 6) is 0.141. The van der Waals surface area contributed by atoms with Gasteiger partial charge in [0.15, 0.2) is 0 Å². The number of benzene rings is 3. The third-order valence-corrected chi connectivity index (χ3v) is 9.61. The second kappa shape index (κ2) is 9.84. The quantitative estimate of drug-likeness (QED) is 0.359. The Morgan fingerprint density at radius 3 is 2.15 bits per heavy atom. The van der Waals surface area contributed by atoms with Gasteiger partial charge in [0.05, 0.1) is 29.0 Å². The lowest BCUT2D eigenvalue weighted by molar-refractivity contribution is -0.137. The molecule has 1 aromatic heterocycles. The summed E-state index contributed by atoms with van der Waals surface area (Å²) in [4.78, 5) is 9.46. The molecule has 202 valence electrons. The molecule has 6 rings (SSSR count). The zero-order valence-corrected chi connectivity index (χ0v) is 21.8. The second-order valence-corrected chi connectivity index (χ2v) is 12.1. The van der Waals surface area contributed by atoms with Crippen LogP contribution in [0.3, 0.4) is 0 Å². The Morgan fingerprint density at radius 2 is 1.54 bits per heavy atom. The summed E-state index contributed by atoms with van der Waals surface area (Å²) in [5.41, 5.74) is 4.33. The zero-order chi connectivity index (χ0) is 27.2. The maximum absolute atomic E-state index is 13.9. The van der Waals surface area contributed by atoms with Gasteiger partial charge in [-0.05, 0) is 65.8 Å². The molecular formula is C29H27F3N4O2S. The maximum Gasteiger partial charge on any atom is 0.416 e. The third-order valence-electron chi connectivity index (χ3n) is 7.78. The average molecular weight is 553 g/mol. The number of imidazole rings is 1. The third kappa shape index (κ3) is 4.94. The van der Waals surface area contributed by atoms with Crippen molar-refractivity contribution in [3.63, 3.8) is 0 Å². The molecule has 1 unspecified atom stereocenters. The van der Waals surface area contributed by atoms with E-state index in [9.17, 15) is 21.6 Å². The summed E-state index contributed by atoms with van der Waals surface area (Å²) in [6, 6.07) is 19.6. The highest BCUT2D eigenvalue weighted by Crippen LogP contribution is 2.39. The summed E-state index contributed by atoms with van der Waals surface area (Å²) in [6.45, 7) is 0.836. The molecule has 3 aromatic carbocycles. The molecule has 0 saturated heterocycles. The van der Waals surface area contributed by atoms with Crippen LogP contribution in [0.1, 0.15) is 27.9 Å². The van der Waals surface area contributed by atoms with Crippen molar-refractivity contribution in [2.45, 2.75) is 43.0 Å². The van der Waals surface area contributed by atoms with Crippen molar-refractivity contribution in [1.82, 2.24) is 14.3 Å². The number of anilines is 1. The lowest BCUT2D eigenvalue weighted by atomic mass is 9.94. The molecule has 0 bridgehead atoms. The molecule has 1 aliphatic carbocycles. The van der Waals surface area contributed by atoms with Crippen LogP contribution in [0.4, 0.5) is 18.9 Å². The fourth-order valence-electron chi connectivity index (χ4n) is 5.84. The van der Waals surface area contributed by atoms with Crippen molar-refractivity contribution >= 4 is 15.7 Å². The molecule has 0 spiro atoms. The summed E-state index contributed by atoms with van der Waals surface area (Å²) < 4.78 is 68.7. The number of hydrogen-bond acceptors (Lipinski definition) is 4. The van der Waals surface area contributed by atoms with Crippen LogP contribution in [0.15, 0.2) is 90.2 Å². The van der Waals surface area contributed by atoms with Crippen LogP contribution >= 0.6 is 0 Å². The molecule has 4 aromatic rings. The molecule has 0 amide bonds. The number of fused-ring (bicyclic) bond motifs is 2. The van der Waals surface area contributed by atoms with E-state index in [-0.39, 0.29) is 29.9 Å². The maximum atomic E-state index is 13.9. The number of aromatic nitrogens is 2. The van der Waals surface area contributed by atoms with E-state index in [1.807, 2.05) is 36.4 Å². The highest BCUT2D eigenvalue weighted by Gasteiger charge is 2.40. The van der Waals surface area contributed by atoms with E-state index in [2.05, 4.69) is 27.0 Å². The smallest absolute Gasteiger partial charge is 0.361 e. The Morgan fingerprint density at radius 1 is 0.897 bits per heavy atom. The van der Waals surface area contributed by atoms with Crippen molar-refractivity contribution in [1.29, 1.82) is 0 Å². The first-order valence-corrected chi connectivity index (χ1v) is 14.2. The second-order valence-electron chi connectivity index (χ2n) is 10.2. The molecule has 2 aliphatic rings. The van der Waals surface area contributed by atoms with Gasteiger partial charge in [0.2, 0.25) is 10.0 Å². The standard InChI is InChI=1S/C29H27F3N4O2S/c30-29(31,32)24-9-11-26(12-10-24)39(37,38)35-16-22-7-3-4-8-27(22)36(17-25-15-33-19-34-25)28(18-35)23-13-20-5-1-2-6-21(20)14-23/h1-12,15,19,23,28H,13-14,16-18H2,(H,33,34). The number of alkyl halides is 3. The van der Waals surface area contributed by atoms with Crippen molar-refractivity contribution in [2.24, 2.45) is 5.92 Å². The topological polar surface area (TPSA) is 69.3 Å². The van der Waals surface area contributed by atoms with Crippen LogP contribution in [0.25, 0.3) is 0 Å². The van der Waals surface area contributed by atoms with Gasteiger partial charge in [-0.2, -0.15) is 17.5 Å². The molecule has 39 heavy (non-hydrogen) atoms. The summed E-state index contributed by atoms with van der Waals surface area (Å²) in [5, 5.41) is 0. The van der Waals surface area contributed by atoms with Gasteiger partial charge < -0.3 is 9.88 Å². The number of nitrogens with one attached hydrogen (secondary N) is 1. The molecule has 0 radical (unpaired) electrons. The van der Waals surface area contributed by atoms with Crippen LogP contribution < -0.4 is 4.90 Å².